The zero-order chi connectivity index (χ0) is 23.9. The number of nitrogens with one attached hydrogen (secondary N) is 2. The summed E-state index contributed by atoms with van der Waals surface area (Å²) in [5.74, 6) is -3.58. The number of aromatic nitrogens is 1. The minimum atomic E-state index is -1.13. The molecule has 0 bridgehead atoms. The molecule has 2 aromatic carbocycles. The standard InChI is InChI=1S/C25H24F3N3O2/c1-4-9-29-23(32)17-12-31(24(33)14-5-7-18(27)19(28)10-14)13-25(2,3)21-16-11-15(26)6-8-20(16)30-22(17)21/h5-8,10-12,30H,4,9,13H2,1-3H3,(H,29,32). The molecule has 0 spiro atoms. The summed E-state index contributed by atoms with van der Waals surface area (Å²) in [6, 6.07) is 7.28. The van der Waals surface area contributed by atoms with Gasteiger partial charge in [-0.25, -0.2) is 13.2 Å². The van der Waals surface area contributed by atoms with E-state index in [1.807, 2.05) is 20.8 Å². The molecule has 2 N–H and O–H groups in total. The highest BCUT2D eigenvalue weighted by Gasteiger charge is 2.37. The molecule has 2 heterocycles. The van der Waals surface area contributed by atoms with Crippen molar-refractivity contribution in [3.05, 3.63) is 76.9 Å². The number of benzene rings is 2. The van der Waals surface area contributed by atoms with Gasteiger partial charge in [0.25, 0.3) is 11.8 Å². The smallest absolute Gasteiger partial charge is 0.257 e. The van der Waals surface area contributed by atoms with Crippen LogP contribution in [0.25, 0.3) is 16.5 Å². The van der Waals surface area contributed by atoms with Gasteiger partial charge in [-0.1, -0.05) is 20.8 Å². The molecule has 3 aromatic rings. The van der Waals surface area contributed by atoms with Gasteiger partial charge >= 0.3 is 0 Å². The largest absolute Gasteiger partial charge is 0.354 e. The summed E-state index contributed by atoms with van der Waals surface area (Å²) in [7, 11) is 0. The van der Waals surface area contributed by atoms with Crippen molar-refractivity contribution in [3.63, 3.8) is 0 Å². The van der Waals surface area contributed by atoms with Gasteiger partial charge in [-0.2, -0.15) is 0 Å². The second kappa shape index (κ2) is 8.42. The van der Waals surface area contributed by atoms with Gasteiger partial charge in [0.05, 0.1) is 11.3 Å². The highest BCUT2D eigenvalue weighted by atomic mass is 19.2. The molecular formula is C25H24F3N3O2. The highest BCUT2D eigenvalue weighted by molar-refractivity contribution is 6.21. The average molecular weight is 455 g/mol. The van der Waals surface area contributed by atoms with Gasteiger partial charge in [0.1, 0.15) is 5.82 Å². The molecule has 172 valence electrons. The highest BCUT2D eigenvalue weighted by Crippen LogP contribution is 2.40. The summed E-state index contributed by atoms with van der Waals surface area (Å²) in [4.78, 5) is 30.9. The Hall–Kier alpha value is -3.55. The fourth-order valence-electron chi connectivity index (χ4n) is 4.27. The number of carbonyl (C=O) groups is 2. The number of hydrogen-bond acceptors (Lipinski definition) is 2. The van der Waals surface area contributed by atoms with Gasteiger partial charge in [0.15, 0.2) is 11.6 Å². The molecule has 0 saturated carbocycles. The number of fused-ring (bicyclic) bond motifs is 3. The zero-order valence-corrected chi connectivity index (χ0v) is 18.6. The number of carbonyl (C=O) groups excluding carboxylic acids is 2. The molecule has 4 rings (SSSR count). The topological polar surface area (TPSA) is 65.2 Å². The first-order valence-corrected chi connectivity index (χ1v) is 10.7. The van der Waals surface area contributed by atoms with E-state index in [0.717, 1.165) is 12.1 Å². The van der Waals surface area contributed by atoms with Crippen LogP contribution in [0.1, 0.15) is 48.8 Å². The Labute approximate surface area is 189 Å². The lowest BCUT2D eigenvalue weighted by molar-refractivity contribution is -0.115. The van der Waals surface area contributed by atoms with Gasteiger partial charge in [0, 0.05) is 41.2 Å². The van der Waals surface area contributed by atoms with Gasteiger partial charge in [-0.15, -0.1) is 0 Å². The third-order valence-corrected chi connectivity index (χ3v) is 5.76. The van der Waals surface area contributed by atoms with E-state index in [4.69, 9.17) is 0 Å². The van der Waals surface area contributed by atoms with Crippen LogP contribution in [0.15, 0.2) is 42.6 Å². The SMILES string of the molecule is CCCNC(=O)C1=CN(C(=O)c2ccc(F)c(F)c2)CC(C)(C)c2c1[nH]c1ccc(F)cc21. The lowest BCUT2D eigenvalue weighted by atomic mass is 9.81. The molecule has 1 aliphatic heterocycles. The number of halogens is 3. The van der Waals surface area contributed by atoms with Crippen LogP contribution in [0.4, 0.5) is 13.2 Å². The maximum absolute atomic E-state index is 14.1. The van der Waals surface area contributed by atoms with Crippen LogP contribution in [0, 0.1) is 17.5 Å². The number of H-pyrrole nitrogens is 1. The molecule has 33 heavy (non-hydrogen) atoms. The van der Waals surface area contributed by atoms with E-state index >= 15 is 0 Å². The molecule has 0 unspecified atom stereocenters. The second-order valence-electron chi connectivity index (χ2n) is 8.81. The summed E-state index contributed by atoms with van der Waals surface area (Å²) in [5.41, 5.74) is 1.32. The monoisotopic (exact) mass is 455 g/mol. The minimum Gasteiger partial charge on any atom is -0.354 e. The van der Waals surface area contributed by atoms with Crippen LogP contribution in [0.2, 0.25) is 0 Å². The Morgan fingerprint density at radius 1 is 1.09 bits per heavy atom. The predicted octanol–water partition coefficient (Wildman–Crippen LogP) is 4.89. The number of rotatable bonds is 4. The van der Waals surface area contributed by atoms with Crippen molar-refractivity contribution in [2.75, 3.05) is 13.1 Å². The first kappa shape index (κ1) is 22.6. The number of amides is 2. The molecule has 0 fully saturated rings. The third-order valence-electron chi connectivity index (χ3n) is 5.76. The first-order chi connectivity index (χ1) is 15.6. The average Bonchev–Trinajstić information content (AvgIpc) is 3.09. The molecule has 1 aromatic heterocycles. The van der Waals surface area contributed by atoms with Crippen LogP contribution in [-0.4, -0.2) is 34.8 Å². The maximum Gasteiger partial charge on any atom is 0.257 e. The Bertz CT molecular complexity index is 1290. The van der Waals surface area contributed by atoms with Crippen molar-refractivity contribution in [1.29, 1.82) is 0 Å². The summed E-state index contributed by atoms with van der Waals surface area (Å²) in [6.07, 6.45) is 2.14. The molecule has 2 amide bonds. The van der Waals surface area contributed by atoms with Gasteiger partial charge < -0.3 is 15.2 Å². The van der Waals surface area contributed by atoms with Crippen molar-refractivity contribution in [2.45, 2.75) is 32.6 Å². The van der Waals surface area contributed by atoms with E-state index < -0.39 is 34.7 Å². The lowest BCUT2D eigenvalue weighted by Gasteiger charge is -2.29. The Kier molecular flexibility index (Phi) is 5.78. The van der Waals surface area contributed by atoms with E-state index in [0.29, 0.717) is 35.1 Å². The predicted molar refractivity (Wildman–Crippen MR) is 120 cm³/mol. The van der Waals surface area contributed by atoms with E-state index in [2.05, 4.69) is 10.3 Å². The zero-order valence-electron chi connectivity index (χ0n) is 18.6. The van der Waals surface area contributed by atoms with Gasteiger partial charge in [-0.3, -0.25) is 9.59 Å². The molecule has 0 saturated heterocycles. The third kappa shape index (κ3) is 4.13. The van der Waals surface area contributed by atoms with Crippen molar-refractivity contribution >= 4 is 28.3 Å². The quantitative estimate of drug-likeness (QED) is 0.589. The summed E-state index contributed by atoms with van der Waals surface area (Å²) in [6.45, 7) is 6.25. The molecule has 0 radical (unpaired) electrons. The van der Waals surface area contributed by atoms with Crippen molar-refractivity contribution in [2.24, 2.45) is 0 Å². The molecular weight excluding hydrogens is 431 g/mol. The molecule has 5 nitrogen and oxygen atoms in total. The second-order valence-corrected chi connectivity index (χ2v) is 8.81. The van der Waals surface area contributed by atoms with Crippen molar-refractivity contribution < 1.29 is 22.8 Å². The van der Waals surface area contributed by atoms with E-state index in [1.165, 1.54) is 29.3 Å². The van der Waals surface area contributed by atoms with Crippen molar-refractivity contribution in [1.82, 2.24) is 15.2 Å². The Morgan fingerprint density at radius 3 is 2.55 bits per heavy atom. The normalized spacial score (nSPS) is 15.1. The fourth-order valence-corrected chi connectivity index (χ4v) is 4.27. The number of aromatic amines is 1. The fraction of sp³-hybridized carbons (Fsp3) is 0.280. The van der Waals surface area contributed by atoms with Crippen LogP contribution < -0.4 is 5.32 Å². The van der Waals surface area contributed by atoms with Crippen LogP contribution in [0.5, 0.6) is 0 Å². The molecule has 0 atom stereocenters. The van der Waals surface area contributed by atoms with E-state index in [1.54, 1.807) is 6.07 Å². The molecule has 0 aliphatic carbocycles. The lowest BCUT2D eigenvalue weighted by Crippen LogP contribution is -2.37. The van der Waals surface area contributed by atoms with E-state index in [-0.39, 0.29) is 17.7 Å². The van der Waals surface area contributed by atoms with Crippen LogP contribution in [-0.2, 0) is 10.2 Å². The van der Waals surface area contributed by atoms with Crippen LogP contribution >= 0.6 is 0 Å². The summed E-state index contributed by atoms with van der Waals surface area (Å²) in [5, 5.41) is 3.44. The van der Waals surface area contributed by atoms with Crippen LogP contribution in [0.3, 0.4) is 0 Å². The first-order valence-electron chi connectivity index (χ1n) is 10.7. The number of nitrogens with zero attached hydrogens (tertiary/aromatic N) is 1. The molecule has 8 heteroatoms. The summed E-state index contributed by atoms with van der Waals surface area (Å²) >= 11 is 0. The van der Waals surface area contributed by atoms with Gasteiger partial charge in [-0.05, 0) is 48.4 Å². The Morgan fingerprint density at radius 2 is 1.85 bits per heavy atom. The minimum absolute atomic E-state index is 0.0456. The van der Waals surface area contributed by atoms with E-state index in [9.17, 15) is 22.8 Å². The summed E-state index contributed by atoms with van der Waals surface area (Å²) < 4.78 is 41.3. The molecule has 1 aliphatic rings. The number of hydrogen-bond donors (Lipinski definition) is 2. The van der Waals surface area contributed by atoms with Crippen molar-refractivity contribution in [3.8, 4) is 0 Å². The Balaban J connectivity index is 1.89. The maximum atomic E-state index is 14.1. The van der Waals surface area contributed by atoms with Gasteiger partial charge in [0.2, 0.25) is 0 Å².